The molecule has 0 saturated carbocycles. The van der Waals surface area contributed by atoms with Crippen LogP contribution in [0, 0.1) is 0 Å². The van der Waals surface area contributed by atoms with Crippen LogP contribution in [-0.2, 0) is 17.7 Å². The Morgan fingerprint density at radius 3 is 2.58 bits per heavy atom. The summed E-state index contributed by atoms with van der Waals surface area (Å²) in [6, 6.07) is 7.80. The van der Waals surface area contributed by atoms with Crippen LogP contribution >= 0.6 is 0 Å². The second kappa shape index (κ2) is 9.18. The third-order valence-electron chi connectivity index (χ3n) is 5.38. The highest BCUT2D eigenvalue weighted by Gasteiger charge is 2.30. The fourth-order valence-electron chi connectivity index (χ4n) is 3.76. The molecule has 3 aromatic rings. The summed E-state index contributed by atoms with van der Waals surface area (Å²) in [7, 11) is 0. The number of pyridine rings is 1. The Hall–Kier alpha value is -3.47. The number of alkyl halides is 3. The van der Waals surface area contributed by atoms with E-state index >= 15 is 0 Å². The number of fused-ring (bicyclic) bond motifs is 1. The molecule has 2 amide bonds. The van der Waals surface area contributed by atoms with Gasteiger partial charge < -0.3 is 15.4 Å². The molecule has 4 rings (SSSR count). The van der Waals surface area contributed by atoms with E-state index in [1.807, 2.05) is 0 Å². The maximum Gasteiger partial charge on any atom is 0.408 e. The van der Waals surface area contributed by atoms with E-state index in [1.165, 1.54) is 12.3 Å². The number of ether oxygens (including phenoxy) is 1. The molecule has 11 heteroatoms. The SMILES string of the molecule is NC(=O)c1ccc(Cc2nn(CC(F)(F)F)c3cc(C(=O)N4CCCOCC4)ncc23)cc1. The van der Waals surface area contributed by atoms with Crippen molar-refractivity contribution in [2.45, 2.75) is 25.6 Å². The van der Waals surface area contributed by atoms with Gasteiger partial charge in [-0.3, -0.25) is 19.3 Å². The summed E-state index contributed by atoms with van der Waals surface area (Å²) in [6.45, 7) is 0.552. The minimum absolute atomic E-state index is 0.0603. The molecule has 0 spiro atoms. The first-order chi connectivity index (χ1) is 15.7. The predicted octanol–water partition coefficient (Wildman–Crippen LogP) is 2.55. The topological polar surface area (TPSA) is 103 Å². The Morgan fingerprint density at radius 1 is 1.12 bits per heavy atom. The summed E-state index contributed by atoms with van der Waals surface area (Å²) < 4.78 is 45.8. The van der Waals surface area contributed by atoms with Gasteiger partial charge in [-0.1, -0.05) is 12.1 Å². The number of primary amides is 1. The van der Waals surface area contributed by atoms with Crippen molar-refractivity contribution in [1.29, 1.82) is 0 Å². The highest BCUT2D eigenvalue weighted by molar-refractivity contribution is 5.96. The van der Waals surface area contributed by atoms with E-state index in [1.54, 1.807) is 29.2 Å². The molecule has 0 atom stereocenters. The summed E-state index contributed by atoms with van der Waals surface area (Å²) >= 11 is 0. The monoisotopic (exact) mass is 461 g/mol. The summed E-state index contributed by atoms with van der Waals surface area (Å²) in [5.74, 6) is -0.926. The number of carbonyl (C=O) groups is 2. The molecule has 174 valence electrons. The van der Waals surface area contributed by atoms with E-state index in [9.17, 15) is 22.8 Å². The molecule has 2 N–H and O–H groups in total. The van der Waals surface area contributed by atoms with Crippen LogP contribution in [0.15, 0.2) is 36.5 Å². The number of amides is 2. The molecule has 33 heavy (non-hydrogen) atoms. The lowest BCUT2D eigenvalue weighted by Crippen LogP contribution is -2.33. The standard InChI is InChI=1S/C22H22F3N5O3/c23-22(24,25)13-30-19-11-18(21(32)29-6-1-8-33-9-7-29)27-12-16(19)17(28-30)10-14-2-4-15(5-3-14)20(26)31/h2-5,11-12H,1,6-10,13H2,(H2,26,31). The van der Waals surface area contributed by atoms with Crippen LogP contribution in [0.25, 0.3) is 10.9 Å². The average molecular weight is 461 g/mol. The van der Waals surface area contributed by atoms with Crippen molar-refractivity contribution in [3.8, 4) is 0 Å². The number of carbonyl (C=O) groups excluding carboxylic acids is 2. The van der Waals surface area contributed by atoms with Gasteiger partial charge in [0.2, 0.25) is 5.91 Å². The lowest BCUT2D eigenvalue weighted by Gasteiger charge is -2.19. The Morgan fingerprint density at radius 2 is 1.88 bits per heavy atom. The minimum atomic E-state index is -4.49. The fraction of sp³-hybridized carbons (Fsp3) is 0.364. The van der Waals surface area contributed by atoms with E-state index in [2.05, 4.69) is 10.1 Å². The molecule has 1 fully saturated rings. The van der Waals surface area contributed by atoms with Crippen molar-refractivity contribution in [3.63, 3.8) is 0 Å². The first kappa shape index (κ1) is 22.7. The van der Waals surface area contributed by atoms with Gasteiger partial charge in [0.15, 0.2) is 0 Å². The molecular formula is C22H22F3N5O3. The normalized spacial score (nSPS) is 14.9. The van der Waals surface area contributed by atoms with Crippen LogP contribution in [0.5, 0.6) is 0 Å². The Labute approximate surface area is 187 Å². The number of aromatic nitrogens is 3. The minimum Gasteiger partial charge on any atom is -0.380 e. The molecular weight excluding hydrogens is 439 g/mol. The van der Waals surface area contributed by atoms with Gasteiger partial charge in [0.05, 0.1) is 17.8 Å². The number of hydrogen-bond acceptors (Lipinski definition) is 5. The van der Waals surface area contributed by atoms with E-state index in [0.717, 1.165) is 10.2 Å². The second-order valence-electron chi connectivity index (χ2n) is 7.80. The van der Waals surface area contributed by atoms with Gasteiger partial charge >= 0.3 is 6.18 Å². The summed E-state index contributed by atoms with van der Waals surface area (Å²) in [5.41, 5.74) is 6.94. The van der Waals surface area contributed by atoms with Gasteiger partial charge in [-0.05, 0) is 30.2 Å². The van der Waals surface area contributed by atoms with Gasteiger partial charge in [-0.2, -0.15) is 18.3 Å². The molecule has 0 aliphatic carbocycles. The first-order valence-electron chi connectivity index (χ1n) is 10.4. The third kappa shape index (κ3) is 5.30. The fourth-order valence-corrected chi connectivity index (χ4v) is 3.76. The van der Waals surface area contributed by atoms with Crippen molar-refractivity contribution >= 4 is 22.7 Å². The third-order valence-corrected chi connectivity index (χ3v) is 5.38. The van der Waals surface area contributed by atoms with Crippen molar-refractivity contribution in [2.24, 2.45) is 5.73 Å². The zero-order valence-corrected chi connectivity index (χ0v) is 17.6. The lowest BCUT2D eigenvalue weighted by molar-refractivity contribution is -0.141. The molecule has 3 heterocycles. The first-order valence-corrected chi connectivity index (χ1v) is 10.4. The Balaban J connectivity index is 1.69. The number of hydrogen-bond donors (Lipinski definition) is 1. The lowest BCUT2D eigenvalue weighted by atomic mass is 10.1. The molecule has 1 aliphatic heterocycles. The van der Waals surface area contributed by atoms with Crippen LogP contribution in [0.3, 0.4) is 0 Å². The van der Waals surface area contributed by atoms with Gasteiger partial charge in [-0.15, -0.1) is 0 Å². The smallest absolute Gasteiger partial charge is 0.380 e. The maximum atomic E-state index is 13.2. The number of benzene rings is 1. The van der Waals surface area contributed by atoms with E-state index < -0.39 is 18.6 Å². The van der Waals surface area contributed by atoms with Crippen LogP contribution < -0.4 is 5.73 Å². The van der Waals surface area contributed by atoms with Crippen LogP contribution in [-0.4, -0.2) is 64.0 Å². The molecule has 2 aromatic heterocycles. The van der Waals surface area contributed by atoms with Crippen LogP contribution in [0.2, 0.25) is 0 Å². The summed E-state index contributed by atoms with van der Waals surface area (Å²) in [6.07, 6.45) is -2.20. The van der Waals surface area contributed by atoms with Gasteiger partial charge in [0.1, 0.15) is 12.2 Å². The number of nitrogens with two attached hydrogens (primary N) is 1. The summed E-state index contributed by atoms with van der Waals surface area (Å²) in [4.78, 5) is 30.0. The molecule has 1 aliphatic rings. The van der Waals surface area contributed by atoms with Gasteiger partial charge in [0.25, 0.3) is 5.91 Å². The van der Waals surface area contributed by atoms with Crippen molar-refractivity contribution in [2.75, 3.05) is 26.3 Å². The summed E-state index contributed by atoms with van der Waals surface area (Å²) in [5, 5.41) is 4.60. The van der Waals surface area contributed by atoms with Gasteiger partial charge in [-0.25, -0.2) is 0 Å². The Bertz CT molecular complexity index is 1170. The van der Waals surface area contributed by atoms with E-state index in [4.69, 9.17) is 10.5 Å². The molecule has 1 saturated heterocycles. The molecule has 0 bridgehead atoms. The van der Waals surface area contributed by atoms with Crippen molar-refractivity contribution < 1.29 is 27.5 Å². The number of nitrogens with zero attached hydrogens (tertiary/aromatic N) is 4. The highest BCUT2D eigenvalue weighted by atomic mass is 19.4. The second-order valence-corrected chi connectivity index (χ2v) is 7.80. The predicted molar refractivity (Wildman–Crippen MR) is 113 cm³/mol. The van der Waals surface area contributed by atoms with Crippen LogP contribution in [0.1, 0.15) is 38.5 Å². The highest BCUT2D eigenvalue weighted by Crippen LogP contribution is 2.26. The number of halogens is 3. The van der Waals surface area contributed by atoms with E-state index in [-0.39, 0.29) is 23.5 Å². The largest absolute Gasteiger partial charge is 0.408 e. The maximum absolute atomic E-state index is 13.2. The molecule has 8 nitrogen and oxygen atoms in total. The molecule has 1 aromatic carbocycles. The molecule has 0 radical (unpaired) electrons. The average Bonchev–Trinajstić information content (AvgIpc) is 2.94. The van der Waals surface area contributed by atoms with Crippen molar-refractivity contribution in [1.82, 2.24) is 19.7 Å². The quantitative estimate of drug-likeness (QED) is 0.629. The van der Waals surface area contributed by atoms with E-state index in [0.29, 0.717) is 49.4 Å². The van der Waals surface area contributed by atoms with Crippen molar-refractivity contribution in [3.05, 3.63) is 59.0 Å². The zero-order valence-electron chi connectivity index (χ0n) is 17.6. The number of rotatable bonds is 5. The zero-order chi connectivity index (χ0) is 23.6. The van der Waals surface area contributed by atoms with Crippen LogP contribution in [0.4, 0.5) is 13.2 Å². The molecule has 0 unspecified atom stereocenters. The Kier molecular flexibility index (Phi) is 6.32. The van der Waals surface area contributed by atoms with Gasteiger partial charge in [0, 0.05) is 43.3 Å².